The van der Waals surface area contributed by atoms with Gasteiger partial charge >= 0.3 is 0 Å². The molecule has 0 fully saturated rings. The summed E-state index contributed by atoms with van der Waals surface area (Å²) in [7, 11) is -4.15. The van der Waals surface area contributed by atoms with Crippen LogP contribution in [0.2, 0.25) is 5.02 Å². The van der Waals surface area contributed by atoms with Crippen LogP contribution in [0.25, 0.3) is 22.0 Å². The van der Waals surface area contributed by atoms with Gasteiger partial charge in [-0.25, -0.2) is 4.98 Å². The average molecular weight is 603 g/mol. The van der Waals surface area contributed by atoms with E-state index in [-0.39, 0.29) is 10.9 Å². The van der Waals surface area contributed by atoms with Gasteiger partial charge in [-0.05, 0) is 66.9 Å². The molecule has 0 spiro atoms. The third-order valence-corrected chi connectivity index (χ3v) is 8.35. The van der Waals surface area contributed by atoms with Crippen molar-refractivity contribution in [2.45, 2.75) is 11.8 Å². The predicted octanol–water partition coefficient (Wildman–Crippen LogP) is 8.86. The number of anilines is 3. The first-order chi connectivity index (χ1) is 20.9. The van der Waals surface area contributed by atoms with E-state index in [9.17, 15) is 8.42 Å². The number of fused-ring (bicyclic) bond motifs is 1. The number of hydrogen-bond acceptors (Lipinski definition) is 3. The van der Waals surface area contributed by atoms with Crippen LogP contribution in [0.3, 0.4) is 0 Å². The highest BCUT2D eigenvalue weighted by Gasteiger charge is 2.25. The lowest BCUT2D eigenvalue weighted by atomic mass is 10.1. The van der Waals surface area contributed by atoms with Crippen molar-refractivity contribution in [3.8, 4) is 11.3 Å². The van der Waals surface area contributed by atoms with Crippen LogP contribution in [0.5, 0.6) is 0 Å². The summed E-state index contributed by atoms with van der Waals surface area (Å²) in [6.07, 6.45) is 0. The molecule has 43 heavy (non-hydrogen) atoms. The Morgan fingerprint density at radius 1 is 0.767 bits per heavy atom. The minimum Gasteiger partial charge on any atom is -0.325 e. The molecule has 1 aromatic heterocycles. The number of hydrogen-bond donors (Lipinski definition) is 1. The summed E-state index contributed by atoms with van der Waals surface area (Å²) in [5, 5.41) is 5.41. The van der Waals surface area contributed by atoms with Crippen LogP contribution in [-0.4, -0.2) is 19.4 Å². The molecule has 8 heteroatoms. The van der Waals surface area contributed by atoms with Crippen LogP contribution in [0.1, 0.15) is 5.56 Å². The Hall–Kier alpha value is -4.98. The number of sulfonamides is 1. The van der Waals surface area contributed by atoms with E-state index >= 15 is 0 Å². The summed E-state index contributed by atoms with van der Waals surface area (Å²) >= 11 is 6.52. The maximum Gasteiger partial charge on any atom is 0.285 e. The SMILES string of the molecule is Cc1ccc(S(=O)(=O)/N=C(\Nc2ccccc2)N(c2ccccc2)c2nc(-c3ccccc3)cc3ccc(Cl)cc23)cc1. The first kappa shape index (κ1) is 28.2. The summed E-state index contributed by atoms with van der Waals surface area (Å²) in [5.41, 5.74) is 3.88. The maximum atomic E-state index is 13.8. The summed E-state index contributed by atoms with van der Waals surface area (Å²) in [6, 6.07) is 42.8. The highest BCUT2D eigenvalue weighted by atomic mass is 35.5. The quantitative estimate of drug-likeness (QED) is 0.152. The van der Waals surface area contributed by atoms with Crippen molar-refractivity contribution in [2.75, 3.05) is 10.2 Å². The molecular formula is C35H27ClN4O2S. The van der Waals surface area contributed by atoms with Gasteiger partial charge in [0.2, 0.25) is 5.96 Å². The molecular weight excluding hydrogens is 576 g/mol. The summed E-state index contributed by atoms with van der Waals surface area (Å²) in [4.78, 5) is 6.92. The van der Waals surface area contributed by atoms with Gasteiger partial charge in [-0.3, -0.25) is 4.90 Å². The molecule has 0 bridgehead atoms. The number of aromatic nitrogens is 1. The van der Waals surface area contributed by atoms with Gasteiger partial charge in [0.1, 0.15) is 5.82 Å². The highest BCUT2D eigenvalue weighted by Crippen LogP contribution is 2.36. The lowest BCUT2D eigenvalue weighted by molar-refractivity contribution is 0.598. The fraction of sp³-hybridized carbons (Fsp3) is 0.0286. The largest absolute Gasteiger partial charge is 0.325 e. The monoisotopic (exact) mass is 602 g/mol. The van der Waals surface area contributed by atoms with Crippen molar-refractivity contribution in [3.05, 3.63) is 150 Å². The Morgan fingerprint density at radius 3 is 2.07 bits per heavy atom. The molecule has 0 saturated carbocycles. The Labute approximate surface area is 256 Å². The second kappa shape index (κ2) is 12.1. The molecule has 0 aliphatic rings. The molecule has 1 N–H and O–H groups in total. The average Bonchev–Trinajstić information content (AvgIpc) is 3.03. The molecule has 0 radical (unpaired) electrons. The smallest absolute Gasteiger partial charge is 0.285 e. The molecule has 212 valence electrons. The summed E-state index contributed by atoms with van der Waals surface area (Å²) in [5.74, 6) is 0.517. The first-order valence-electron chi connectivity index (χ1n) is 13.6. The topological polar surface area (TPSA) is 74.7 Å². The van der Waals surface area contributed by atoms with Crippen LogP contribution >= 0.6 is 11.6 Å². The number of rotatable bonds is 6. The van der Waals surface area contributed by atoms with E-state index < -0.39 is 10.0 Å². The van der Waals surface area contributed by atoms with Crippen molar-refractivity contribution >= 4 is 55.5 Å². The molecule has 0 aliphatic carbocycles. The number of nitrogens with one attached hydrogen (secondary N) is 1. The first-order valence-corrected chi connectivity index (χ1v) is 15.4. The fourth-order valence-electron chi connectivity index (χ4n) is 4.70. The number of nitrogens with zero attached hydrogens (tertiary/aromatic N) is 3. The van der Waals surface area contributed by atoms with Gasteiger partial charge < -0.3 is 5.32 Å². The van der Waals surface area contributed by atoms with E-state index in [0.717, 1.165) is 21.9 Å². The third kappa shape index (κ3) is 6.28. The summed E-state index contributed by atoms with van der Waals surface area (Å²) < 4.78 is 32.1. The van der Waals surface area contributed by atoms with Crippen molar-refractivity contribution in [3.63, 3.8) is 0 Å². The van der Waals surface area contributed by atoms with Crippen LogP contribution in [0.4, 0.5) is 17.2 Å². The minimum atomic E-state index is -4.15. The second-order valence-corrected chi connectivity index (χ2v) is 12.0. The molecule has 6 nitrogen and oxygen atoms in total. The molecule has 6 rings (SSSR count). The Morgan fingerprint density at radius 2 is 1.40 bits per heavy atom. The van der Waals surface area contributed by atoms with E-state index in [4.69, 9.17) is 16.6 Å². The van der Waals surface area contributed by atoms with E-state index in [2.05, 4.69) is 9.71 Å². The fourth-order valence-corrected chi connectivity index (χ4v) is 5.81. The Bertz CT molecular complexity index is 2020. The maximum absolute atomic E-state index is 13.8. The van der Waals surface area contributed by atoms with Crippen LogP contribution in [-0.2, 0) is 10.0 Å². The van der Waals surface area contributed by atoms with E-state index in [1.165, 1.54) is 0 Å². The molecule has 1 heterocycles. The van der Waals surface area contributed by atoms with Gasteiger partial charge in [0.05, 0.1) is 16.3 Å². The Kier molecular flexibility index (Phi) is 7.92. The van der Waals surface area contributed by atoms with E-state index in [1.807, 2.05) is 122 Å². The van der Waals surface area contributed by atoms with Crippen molar-refractivity contribution in [1.82, 2.24) is 4.98 Å². The van der Waals surface area contributed by atoms with Crippen LogP contribution in [0, 0.1) is 6.92 Å². The highest BCUT2D eigenvalue weighted by molar-refractivity contribution is 7.90. The molecule has 0 saturated heterocycles. The zero-order chi connectivity index (χ0) is 29.8. The molecule has 5 aromatic carbocycles. The number of para-hydroxylation sites is 2. The number of halogens is 1. The summed E-state index contributed by atoms with van der Waals surface area (Å²) in [6.45, 7) is 1.90. The van der Waals surface area contributed by atoms with Gasteiger partial charge in [0, 0.05) is 21.7 Å². The van der Waals surface area contributed by atoms with Crippen LogP contribution < -0.4 is 10.2 Å². The molecule has 0 aliphatic heterocycles. The van der Waals surface area contributed by atoms with Crippen molar-refractivity contribution in [2.24, 2.45) is 4.40 Å². The van der Waals surface area contributed by atoms with Crippen molar-refractivity contribution in [1.29, 1.82) is 0 Å². The molecule has 0 amide bonds. The van der Waals surface area contributed by atoms with Crippen LogP contribution in [0.15, 0.2) is 149 Å². The molecule has 6 aromatic rings. The van der Waals surface area contributed by atoms with Gasteiger partial charge in [0.25, 0.3) is 10.0 Å². The lowest BCUT2D eigenvalue weighted by Gasteiger charge is -2.27. The molecule has 0 unspecified atom stereocenters. The van der Waals surface area contributed by atoms with Gasteiger partial charge in [-0.2, -0.15) is 8.42 Å². The third-order valence-electron chi connectivity index (χ3n) is 6.84. The lowest BCUT2D eigenvalue weighted by Crippen LogP contribution is -2.34. The number of aryl methyl sites for hydroxylation is 1. The van der Waals surface area contributed by atoms with Crippen molar-refractivity contribution < 1.29 is 8.42 Å². The van der Waals surface area contributed by atoms with Gasteiger partial charge in [-0.15, -0.1) is 4.40 Å². The van der Waals surface area contributed by atoms with E-state index in [1.54, 1.807) is 29.2 Å². The zero-order valence-corrected chi connectivity index (χ0v) is 24.8. The van der Waals surface area contributed by atoms with E-state index in [0.29, 0.717) is 27.9 Å². The standard InChI is InChI=1S/C35H27ClN4O2S/c1-25-17-21-31(22-18-25)43(41,42)39-35(37-29-13-7-3-8-14-29)40(30-15-9-4-10-16-30)34-32-24-28(36)20-19-27(32)23-33(38-34)26-11-5-2-6-12-26/h2-24H,1H3,(H,37,39). The molecule has 0 atom stereocenters. The normalized spacial score (nSPS) is 11.8. The van der Waals surface area contributed by atoms with Gasteiger partial charge in [0.15, 0.2) is 0 Å². The second-order valence-electron chi connectivity index (χ2n) is 9.93. The zero-order valence-electron chi connectivity index (χ0n) is 23.2. The van der Waals surface area contributed by atoms with Gasteiger partial charge in [-0.1, -0.05) is 102 Å². The number of pyridine rings is 1. The number of guanidine groups is 1. The Balaban J connectivity index is 1.65. The number of benzene rings is 5. The minimum absolute atomic E-state index is 0.0527. The predicted molar refractivity (Wildman–Crippen MR) is 177 cm³/mol.